The van der Waals surface area contributed by atoms with E-state index in [4.69, 9.17) is 9.47 Å². The Morgan fingerprint density at radius 2 is 1.92 bits per heavy atom. The minimum Gasteiger partial charge on any atom is -0.486 e. The van der Waals surface area contributed by atoms with Gasteiger partial charge in [-0.2, -0.15) is 5.26 Å². The molecule has 2 amide bonds. The van der Waals surface area contributed by atoms with Crippen molar-refractivity contribution >= 4 is 17.8 Å². The number of rotatable bonds is 5. The molecule has 1 aromatic carbocycles. The molecule has 2 aromatic rings. The first-order valence-electron chi connectivity index (χ1n) is 12.5. The number of alkyl halides is 1. The Labute approximate surface area is 216 Å². The van der Waals surface area contributed by atoms with Crippen molar-refractivity contribution in [2.45, 2.75) is 65.3 Å². The Morgan fingerprint density at radius 3 is 2.54 bits per heavy atom. The highest BCUT2D eigenvalue weighted by Gasteiger charge is 2.50. The number of aromatic nitrogens is 1. The van der Waals surface area contributed by atoms with E-state index >= 15 is 0 Å². The van der Waals surface area contributed by atoms with Crippen LogP contribution >= 0.6 is 0 Å². The second kappa shape index (κ2) is 10.0. The number of hydrogen-bond acceptors (Lipinski definition) is 6. The van der Waals surface area contributed by atoms with Crippen LogP contribution in [0.5, 0.6) is 5.75 Å². The van der Waals surface area contributed by atoms with Gasteiger partial charge in [0.2, 0.25) is 5.91 Å². The molecule has 0 spiro atoms. The molecule has 1 saturated heterocycles. The number of likely N-dealkylation sites (tertiary alicyclic amines) is 1. The van der Waals surface area contributed by atoms with Gasteiger partial charge in [-0.15, -0.1) is 0 Å². The molecule has 2 heterocycles. The number of benzene rings is 1. The van der Waals surface area contributed by atoms with Crippen LogP contribution in [-0.2, 0) is 9.53 Å². The maximum Gasteiger partial charge on any atom is 0.410 e. The molecule has 1 N–H and O–H groups in total. The lowest BCUT2D eigenvalue weighted by molar-refractivity contribution is -0.118. The van der Waals surface area contributed by atoms with E-state index in [0.29, 0.717) is 12.4 Å². The van der Waals surface area contributed by atoms with Gasteiger partial charge in [0, 0.05) is 25.1 Å². The van der Waals surface area contributed by atoms with Gasteiger partial charge in [0.15, 0.2) is 6.17 Å². The average molecular weight is 509 g/mol. The van der Waals surface area contributed by atoms with Crippen molar-refractivity contribution in [1.29, 1.82) is 5.26 Å². The molecule has 1 aliphatic carbocycles. The fourth-order valence-electron chi connectivity index (χ4n) is 4.38. The summed E-state index contributed by atoms with van der Waals surface area (Å²) in [6, 6.07) is 10.8. The molecule has 9 heteroatoms. The number of hydrogen-bond donors (Lipinski definition) is 1. The Hall–Kier alpha value is -3.67. The van der Waals surface area contributed by atoms with Crippen LogP contribution in [0.4, 0.5) is 15.0 Å². The number of ether oxygens (including phenoxy) is 2. The number of nitriles is 1. The number of carbonyl (C=O) groups is 2. The van der Waals surface area contributed by atoms with Gasteiger partial charge in [-0.05, 0) is 68.0 Å². The summed E-state index contributed by atoms with van der Waals surface area (Å²) in [6.45, 7) is 9.56. The zero-order valence-electron chi connectivity index (χ0n) is 21.9. The van der Waals surface area contributed by atoms with E-state index in [9.17, 15) is 19.2 Å². The van der Waals surface area contributed by atoms with Crippen molar-refractivity contribution in [2.24, 2.45) is 11.3 Å². The van der Waals surface area contributed by atoms with Crippen LogP contribution in [0, 0.1) is 22.7 Å². The summed E-state index contributed by atoms with van der Waals surface area (Å²) in [5, 5.41) is 12.6. The minimum atomic E-state index is -1.42. The van der Waals surface area contributed by atoms with Crippen LogP contribution in [0.2, 0.25) is 0 Å². The Kier molecular flexibility index (Phi) is 7.13. The molecule has 4 rings (SSSR count). The van der Waals surface area contributed by atoms with Gasteiger partial charge in [-0.1, -0.05) is 19.9 Å². The normalized spacial score (nSPS) is 22.5. The van der Waals surface area contributed by atoms with E-state index in [1.54, 1.807) is 57.3 Å². The van der Waals surface area contributed by atoms with Crippen molar-refractivity contribution in [3.8, 4) is 22.9 Å². The highest BCUT2D eigenvalue weighted by atomic mass is 19.1. The molecule has 1 aliphatic heterocycles. The predicted molar refractivity (Wildman–Crippen MR) is 137 cm³/mol. The lowest BCUT2D eigenvalue weighted by Crippen LogP contribution is -2.50. The molecule has 2 aliphatic rings. The summed E-state index contributed by atoms with van der Waals surface area (Å²) in [5.41, 5.74) is 1.14. The molecule has 2 fully saturated rings. The van der Waals surface area contributed by atoms with Crippen LogP contribution in [0.25, 0.3) is 11.1 Å². The standard InChI is InChI=1S/C28H33FN4O4/c1-27(2,3)37-26(35)33-11-9-23(21(29)16-33)36-22-7-6-17(12-19(22)15-30)18-8-10-31-24(13-18)32-25(34)20-14-28(20,4)5/h6-8,10,12-13,20-21,23H,9,11,14,16H2,1-5H3,(H,31,32,34)/t20-,21-,23+/m1/s1. The predicted octanol–water partition coefficient (Wildman–Crippen LogP) is 5.33. The first-order chi connectivity index (χ1) is 17.4. The van der Waals surface area contributed by atoms with Crippen LogP contribution in [0.3, 0.4) is 0 Å². The summed E-state index contributed by atoms with van der Waals surface area (Å²) < 4.78 is 26.1. The molecule has 0 bridgehead atoms. The third-order valence-electron chi connectivity index (χ3n) is 6.69. The molecule has 37 heavy (non-hydrogen) atoms. The molecule has 0 radical (unpaired) electrons. The van der Waals surface area contributed by atoms with Gasteiger partial charge >= 0.3 is 6.09 Å². The lowest BCUT2D eigenvalue weighted by Gasteiger charge is -2.35. The van der Waals surface area contributed by atoms with E-state index in [1.165, 1.54) is 4.90 Å². The van der Waals surface area contributed by atoms with Crippen molar-refractivity contribution in [3.05, 3.63) is 42.1 Å². The Balaban J connectivity index is 1.42. The van der Waals surface area contributed by atoms with Crippen LogP contribution in [0.1, 0.15) is 53.0 Å². The summed E-state index contributed by atoms with van der Waals surface area (Å²) in [6.07, 6.45) is -0.0273. The van der Waals surface area contributed by atoms with Crippen LogP contribution < -0.4 is 10.1 Å². The maximum atomic E-state index is 14.9. The first kappa shape index (κ1) is 26.4. The summed E-state index contributed by atoms with van der Waals surface area (Å²) in [5.74, 6) is 0.661. The number of halogens is 1. The molecular weight excluding hydrogens is 475 g/mol. The zero-order valence-corrected chi connectivity index (χ0v) is 21.9. The second-order valence-electron chi connectivity index (χ2n) is 11.4. The fourth-order valence-corrected chi connectivity index (χ4v) is 4.38. The van der Waals surface area contributed by atoms with Crippen molar-refractivity contribution < 1.29 is 23.5 Å². The maximum absolute atomic E-state index is 14.9. The number of nitrogens with one attached hydrogen (secondary N) is 1. The zero-order chi connectivity index (χ0) is 27.0. The quantitative estimate of drug-likeness (QED) is 0.585. The molecular formula is C28H33FN4O4. The average Bonchev–Trinajstić information content (AvgIpc) is 3.47. The summed E-state index contributed by atoms with van der Waals surface area (Å²) >= 11 is 0. The van der Waals surface area contributed by atoms with Crippen molar-refractivity contribution in [1.82, 2.24) is 9.88 Å². The first-order valence-corrected chi connectivity index (χ1v) is 12.5. The monoisotopic (exact) mass is 508 g/mol. The van der Waals surface area contributed by atoms with Crippen molar-refractivity contribution in [3.63, 3.8) is 0 Å². The summed E-state index contributed by atoms with van der Waals surface area (Å²) in [4.78, 5) is 30.3. The molecule has 1 saturated carbocycles. The van der Waals surface area contributed by atoms with Gasteiger partial charge in [-0.3, -0.25) is 4.79 Å². The van der Waals surface area contributed by atoms with Crippen LogP contribution in [-0.4, -0.2) is 52.9 Å². The smallest absolute Gasteiger partial charge is 0.410 e. The van der Waals surface area contributed by atoms with E-state index in [2.05, 4.69) is 30.2 Å². The number of carbonyl (C=O) groups excluding carboxylic acids is 2. The number of amides is 2. The number of nitrogens with zero attached hydrogens (tertiary/aromatic N) is 3. The van der Waals surface area contributed by atoms with Gasteiger partial charge in [0.1, 0.15) is 29.3 Å². The lowest BCUT2D eigenvalue weighted by atomic mass is 10.0. The van der Waals surface area contributed by atoms with E-state index in [0.717, 1.165) is 17.5 Å². The fraction of sp³-hybridized carbons (Fsp3) is 0.500. The molecule has 1 aromatic heterocycles. The van der Waals surface area contributed by atoms with Gasteiger partial charge in [-0.25, -0.2) is 14.2 Å². The van der Waals surface area contributed by atoms with E-state index in [1.807, 2.05) is 0 Å². The van der Waals surface area contributed by atoms with Crippen molar-refractivity contribution in [2.75, 3.05) is 18.4 Å². The van der Waals surface area contributed by atoms with E-state index < -0.39 is 24.0 Å². The van der Waals surface area contributed by atoms with Gasteiger partial charge in [0.25, 0.3) is 0 Å². The SMILES string of the molecule is CC(C)(C)OC(=O)N1CC[C@H](Oc2ccc(-c3ccnc(NC(=O)[C@H]4CC4(C)C)c3)cc2C#N)[C@H](F)C1. The third-order valence-corrected chi connectivity index (χ3v) is 6.69. The third kappa shape index (κ3) is 6.37. The van der Waals surface area contributed by atoms with Gasteiger partial charge < -0.3 is 19.7 Å². The number of anilines is 1. The summed E-state index contributed by atoms with van der Waals surface area (Å²) in [7, 11) is 0. The minimum absolute atomic E-state index is 0.0180. The van der Waals surface area contributed by atoms with Gasteiger partial charge in [0.05, 0.1) is 12.1 Å². The largest absolute Gasteiger partial charge is 0.486 e. The highest BCUT2D eigenvalue weighted by Crippen LogP contribution is 2.52. The topological polar surface area (TPSA) is 105 Å². The van der Waals surface area contributed by atoms with E-state index in [-0.39, 0.29) is 41.5 Å². The Morgan fingerprint density at radius 1 is 1.22 bits per heavy atom. The van der Waals surface area contributed by atoms with Crippen LogP contribution in [0.15, 0.2) is 36.5 Å². The second-order valence-corrected chi connectivity index (χ2v) is 11.4. The molecule has 3 atom stereocenters. The molecule has 8 nitrogen and oxygen atoms in total. The number of piperidine rings is 1. The Bertz CT molecular complexity index is 1230. The molecule has 0 unspecified atom stereocenters. The highest BCUT2D eigenvalue weighted by molar-refractivity contribution is 5.94. The number of pyridine rings is 1. The molecule has 196 valence electrons.